The summed E-state index contributed by atoms with van der Waals surface area (Å²) in [5, 5.41) is 0. The molecule has 0 fully saturated rings. The Labute approximate surface area is 124 Å². The summed E-state index contributed by atoms with van der Waals surface area (Å²) >= 11 is 3.38. The highest BCUT2D eigenvalue weighted by molar-refractivity contribution is 9.10. The first-order valence-electron chi connectivity index (χ1n) is 6.22. The Morgan fingerprint density at radius 3 is 2.40 bits per heavy atom. The number of aromatic nitrogens is 1. The minimum atomic E-state index is -0.341. The topological polar surface area (TPSA) is 35.1 Å². The Hall–Kier alpha value is -2.07. The molecule has 1 aromatic heterocycles. The van der Waals surface area contributed by atoms with Crippen molar-refractivity contribution in [3.05, 3.63) is 81.4 Å². The van der Waals surface area contributed by atoms with Gasteiger partial charge in [-0.3, -0.25) is 4.57 Å². The van der Waals surface area contributed by atoms with E-state index in [1.165, 1.54) is 0 Å². The zero-order chi connectivity index (χ0) is 13.9. The van der Waals surface area contributed by atoms with Crippen molar-refractivity contribution in [1.82, 2.24) is 4.57 Å². The van der Waals surface area contributed by atoms with Crippen LogP contribution in [0.4, 0.5) is 0 Å². The molecule has 0 aliphatic carbocycles. The van der Waals surface area contributed by atoms with Crippen LogP contribution < -0.4 is 5.76 Å². The molecule has 0 amide bonds. The molecule has 0 atom stereocenters. The summed E-state index contributed by atoms with van der Waals surface area (Å²) < 4.78 is 7.87. The highest BCUT2D eigenvalue weighted by Gasteiger charge is 2.08. The highest BCUT2D eigenvalue weighted by atomic mass is 79.9. The Kier molecular flexibility index (Phi) is 3.56. The van der Waals surface area contributed by atoms with E-state index < -0.39 is 0 Å². The Morgan fingerprint density at radius 2 is 1.70 bits per heavy atom. The van der Waals surface area contributed by atoms with Gasteiger partial charge >= 0.3 is 5.76 Å². The fourth-order valence-corrected chi connectivity index (χ4v) is 2.28. The van der Waals surface area contributed by atoms with Gasteiger partial charge in [0.15, 0.2) is 5.76 Å². The molecule has 0 N–H and O–H groups in total. The van der Waals surface area contributed by atoms with Gasteiger partial charge in [0.2, 0.25) is 0 Å². The SMILES string of the molecule is O=c1oc(-c2ccc(Br)cc2)cn1Cc1ccccc1. The summed E-state index contributed by atoms with van der Waals surface area (Å²) in [6.07, 6.45) is 1.75. The molecule has 3 rings (SSSR count). The number of hydrogen-bond acceptors (Lipinski definition) is 2. The molecule has 0 unspecified atom stereocenters. The van der Waals surface area contributed by atoms with Crippen LogP contribution in [0.2, 0.25) is 0 Å². The van der Waals surface area contributed by atoms with E-state index in [-0.39, 0.29) is 5.76 Å². The standard InChI is InChI=1S/C16H12BrNO2/c17-14-8-6-13(7-9-14)15-11-18(16(19)20-15)10-12-4-2-1-3-5-12/h1-9,11H,10H2. The average Bonchev–Trinajstić information content (AvgIpc) is 2.82. The van der Waals surface area contributed by atoms with Crippen LogP contribution in [0, 0.1) is 0 Å². The van der Waals surface area contributed by atoms with Crippen LogP contribution in [-0.2, 0) is 6.54 Å². The van der Waals surface area contributed by atoms with Gasteiger partial charge in [-0.1, -0.05) is 58.4 Å². The molecule has 0 spiro atoms. The second-order valence-corrected chi connectivity index (χ2v) is 5.40. The first-order chi connectivity index (χ1) is 9.72. The summed E-state index contributed by atoms with van der Waals surface area (Å²) in [5.74, 6) is 0.241. The Morgan fingerprint density at radius 1 is 1.00 bits per heavy atom. The van der Waals surface area contributed by atoms with Gasteiger partial charge in [0, 0.05) is 10.0 Å². The number of halogens is 1. The molecule has 4 heteroatoms. The fourth-order valence-electron chi connectivity index (χ4n) is 2.01. The zero-order valence-electron chi connectivity index (χ0n) is 10.6. The predicted molar refractivity (Wildman–Crippen MR) is 81.6 cm³/mol. The quantitative estimate of drug-likeness (QED) is 0.730. The van der Waals surface area contributed by atoms with Crippen LogP contribution in [0.3, 0.4) is 0 Å². The normalized spacial score (nSPS) is 10.7. The van der Waals surface area contributed by atoms with Crippen molar-refractivity contribution in [3.63, 3.8) is 0 Å². The van der Waals surface area contributed by atoms with Gasteiger partial charge in [-0.15, -0.1) is 0 Å². The minimum Gasteiger partial charge on any atom is -0.408 e. The maximum Gasteiger partial charge on any atom is 0.419 e. The van der Waals surface area contributed by atoms with E-state index in [1.807, 2.05) is 54.6 Å². The van der Waals surface area contributed by atoms with Crippen molar-refractivity contribution in [2.45, 2.75) is 6.54 Å². The lowest BCUT2D eigenvalue weighted by molar-refractivity contribution is 0.497. The van der Waals surface area contributed by atoms with Gasteiger partial charge in [-0.25, -0.2) is 4.79 Å². The molecule has 0 aliphatic rings. The van der Waals surface area contributed by atoms with E-state index in [1.54, 1.807) is 10.8 Å². The van der Waals surface area contributed by atoms with Gasteiger partial charge in [0.1, 0.15) is 0 Å². The van der Waals surface area contributed by atoms with E-state index in [2.05, 4.69) is 15.9 Å². The summed E-state index contributed by atoms with van der Waals surface area (Å²) in [6, 6.07) is 17.5. The average molecular weight is 330 g/mol. The van der Waals surface area contributed by atoms with E-state index in [4.69, 9.17) is 4.42 Å². The van der Waals surface area contributed by atoms with Gasteiger partial charge in [0.05, 0.1) is 12.7 Å². The number of rotatable bonds is 3. The van der Waals surface area contributed by atoms with E-state index >= 15 is 0 Å². The van der Waals surface area contributed by atoms with Crippen LogP contribution in [-0.4, -0.2) is 4.57 Å². The fraction of sp³-hybridized carbons (Fsp3) is 0.0625. The maximum absolute atomic E-state index is 11.9. The third kappa shape index (κ3) is 2.75. The number of nitrogens with zero attached hydrogens (tertiary/aromatic N) is 1. The van der Waals surface area contributed by atoms with Crippen molar-refractivity contribution < 1.29 is 4.42 Å². The predicted octanol–water partition coefficient (Wildman–Crippen LogP) is 3.92. The summed E-state index contributed by atoms with van der Waals surface area (Å²) in [7, 11) is 0. The molecule has 0 saturated carbocycles. The summed E-state index contributed by atoms with van der Waals surface area (Å²) in [4.78, 5) is 11.9. The molecule has 100 valence electrons. The van der Waals surface area contributed by atoms with Gasteiger partial charge in [0.25, 0.3) is 0 Å². The molecule has 0 saturated heterocycles. The van der Waals surface area contributed by atoms with Crippen LogP contribution >= 0.6 is 15.9 Å². The third-order valence-electron chi connectivity index (χ3n) is 3.03. The molecular formula is C16H12BrNO2. The van der Waals surface area contributed by atoms with Crippen molar-refractivity contribution >= 4 is 15.9 Å². The van der Waals surface area contributed by atoms with Crippen molar-refractivity contribution in [2.24, 2.45) is 0 Å². The lowest BCUT2D eigenvalue weighted by atomic mass is 10.2. The minimum absolute atomic E-state index is 0.341. The van der Waals surface area contributed by atoms with Crippen LogP contribution in [0.5, 0.6) is 0 Å². The number of benzene rings is 2. The molecule has 0 bridgehead atoms. The molecule has 0 radical (unpaired) electrons. The zero-order valence-corrected chi connectivity index (χ0v) is 12.2. The lowest BCUT2D eigenvalue weighted by Crippen LogP contribution is -2.13. The first-order valence-corrected chi connectivity index (χ1v) is 7.02. The van der Waals surface area contributed by atoms with Crippen LogP contribution in [0.1, 0.15) is 5.56 Å². The summed E-state index contributed by atoms with van der Waals surface area (Å²) in [5.41, 5.74) is 1.95. The highest BCUT2D eigenvalue weighted by Crippen LogP contribution is 2.20. The van der Waals surface area contributed by atoms with Gasteiger partial charge in [-0.05, 0) is 17.7 Å². The van der Waals surface area contributed by atoms with Crippen molar-refractivity contribution in [3.8, 4) is 11.3 Å². The maximum atomic E-state index is 11.9. The van der Waals surface area contributed by atoms with Crippen LogP contribution in [0.15, 0.2) is 74.5 Å². The van der Waals surface area contributed by atoms with E-state index in [9.17, 15) is 4.79 Å². The Bertz CT molecular complexity index is 757. The third-order valence-corrected chi connectivity index (χ3v) is 3.56. The van der Waals surface area contributed by atoms with Crippen LogP contribution in [0.25, 0.3) is 11.3 Å². The first kappa shape index (κ1) is 12.9. The molecule has 0 aliphatic heterocycles. The summed E-state index contributed by atoms with van der Waals surface area (Å²) in [6.45, 7) is 0.514. The molecule has 2 aromatic carbocycles. The monoisotopic (exact) mass is 329 g/mol. The molecule has 3 aromatic rings. The van der Waals surface area contributed by atoms with Crippen molar-refractivity contribution in [1.29, 1.82) is 0 Å². The molecule has 3 nitrogen and oxygen atoms in total. The second-order valence-electron chi connectivity index (χ2n) is 4.48. The molecular weight excluding hydrogens is 318 g/mol. The van der Waals surface area contributed by atoms with Crippen molar-refractivity contribution in [2.75, 3.05) is 0 Å². The number of oxazole rings is 1. The lowest BCUT2D eigenvalue weighted by Gasteiger charge is -1.99. The smallest absolute Gasteiger partial charge is 0.408 e. The number of hydrogen-bond donors (Lipinski definition) is 0. The Balaban J connectivity index is 1.91. The van der Waals surface area contributed by atoms with Gasteiger partial charge < -0.3 is 4.42 Å². The molecule has 1 heterocycles. The van der Waals surface area contributed by atoms with Gasteiger partial charge in [-0.2, -0.15) is 0 Å². The van der Waals surface area contributed by atoms with E-state index in [0.29, 0.717) is 12.3 Å². The largest absolute Gasteiger partial charge is 0.419 e. The second kappa shape index (κ2) is 5.51. The van der Waals surface area contributed by atoms with E-state index in [0.717, 1.165) is 15.6 Å². The molecule has 20 heavy (non-hydrogen) atoms.